The van der Waals surface area contributed by atoms with Crippen LogP contribution in [0.2, 0.25) is 5.02 Å². The molecule has 2 aromatic carbocycles. The summed E-state index contributed by atoms with van der Waals surface area (Å²) in [4.78, 5) is 11.9. The maximum absolute atomic E-state index is 12.8. The molecule has 0 aliphatic carbocycles. The molecule has 0 fully saturated rings. The first kappa shape index (κ1) is 12.4. The average Bonchev–Trinajstić information content (AvgIpc) is 2.28. The number of amides is 1. The topological polar surface area (TPSA) is 49.3 Å². The first-order valence-electron chi connectivity index (χ1n) is 5.12. The Hall–Kier alpha value is -2.07. The summed E-state index contributed by atoms with van der Waals surface area (Å²) in [7, 11) is 0. The van der Waals surface area contributed by atoms with Crippen molar-refractivity contribution in [1.29, 1.82) is 0 Å². The first-order chi connectivity index (χ1) is 8.56. The van der Waals surface area contributed by atoms with Crippen LogP contribution in [-0.2, 0) is 0 Å². The van der Waals surface area contributed by atoms with Crippen LogP contribution in [0.15, 0.2) is 42.5 Å². The number of phenols is 1. The molecule has 0 aliphatic rings. The highest BCUT2D eigenvalue weighted by molar-refractivity contribution is 6.34. The van der Waals surface area contributed by atoms with E-state index in [1.54, 1.807) is 12.1 Å². The van der Waals surface area contributed by atoms with Gasteiger partial charge in [-0.25, -0.2) is 4.39 Å². The number of carbonyl (C=O) groups excluding carboxylic acids is 1. The van der Waals surface area contributed by atoms with Gasteiger partial charge in [0.05, 0.1) is 10.6 Å². The van der Waals surface area contributed by atoms with Gasteiger partial charge in [-0.15, -0.1) is 0 Å². The lowest BCUT2D eigenvalue weighted by atomic mass is 10.2. The van der Waals surface area contributed by atoms with Crippen LogP contribution in [-0.4, -0.2) is 11.0 Å². The Kier molecular flexibility index (Phi) is 3.48. The van der Waals surface area contributed by atoms with E-state index in [1.165, 1.54) is 18.2 Å². The zero-order valence-corrected chi connectivity index (χ0v) is 9.91. The third-order valence-electron chi connectivity index (χ3n) is 2.28. The molecule has 92 valence electrons. The largest absolute Gasteiger partial charge is 0.508 e. The highest BCUT2D eigenvalue weighted by Gasteiger charge is 2.11. The van der Waals surface area contributed by atoms with Crippen molar-refractivity contribution in [2.75, 3.05) is 5.32 Å². The maximum Gasteiger partial charge on any atom is 0.257 e. The molecule has 18 heavy (non-hydrogen) atoms. The highest BCUT2D eigenvalue weighted by atomic mass is 35.5. The van der Waals surface area contributed by atoms with Crippen LogP contribution in [0.5, 0.6) is 5.75 Å². The van der Waals surface area contributed by atoms with Crippen LogP contribution in [0.4, 0.5) is 10.1 Å². The molecular formula is C13H9ClFNO2. The molecule has 0 aromatic heterocycles. The standard InChI is InChI=1S/C13H9ClFNO2/c14-12-6-8(15)4-5-11(12)13(18)16-9-2-1-3-10(17)7-9/h1-7,17H,(H,16,18). The zero-order valence-electron chi connectivity index (χ0n) is 9.15. The predicted octanol–water partition coefficient (Wildman–Crippen LogP) is 3.44. The minimum Gasteiger partial charge on any atom is -0.508 e. The Labute approximate surface area is 108 Å². The van der Waals surface area contributed by atoms with Gasteiger partial charge in [-0.1, -0.05) is 17.7 Å². The fraction of sp³-hybridized carbons (Fsp3) is 0. The van der Waals surface area contributed by atoms with Gasteiger partial charge in [0.15, 0.2) is 0 Å². The van der Waals surface area contributed by atoms with E-state index in [0.29, 0.717) is 5.69 Å². The Bertz CT molecular complexity index is 601. The number of carbonyl (C=O) groups is 1. The molecule has 2 rings (SSSR count). The molecule has 2 N–H and O–H groups in total. The van der Waals surface area contributed by atoms with Gasteiger partial charge in [0.2, 0.25) is 0 Å². The van der Waals surface area contributed by atoms with E-state index in [0.717, 1.165) is 12.1 Å². The summed E-state index contributed by atoms with van der Waals surface area (Å²) in [5, 5.41) is 11.8. The second-order valence-corrected chi connectivity index (χ2v) is 4.04. The van der Waals surface area contributed by atoms with Gasteiger partial charge >= 0.3 is 0 Å². The van der Waals surface area contributed by atoms with Crippen molar-refractivity contribution in [3.05, 3.63) is 58.9 Å². The fourth-order valence-corrected chi connectivity index (χ4v) is 1.71. The van der Waals surface area contributed by atoms with Crippen molar-refractivity contribution in [2.24, 2.45) is 0 Å². The van der Waals surface area contributed by atoms with Crippen molar-refractivity contribution in [2.45, 2.75) is 0 Å². The lowest BCUT2D eigenvalue weighted by molar-refractivity contribution is 0.102. The zero-order chi connectivity index (χ0) is 13.1. The molecule has 0 bridgehead atoms. The van der Waals surface area contributed by atoms with Crippen molar-refractivity contribution in [3.8, 4) is 5.75 Å². The number of rotatable bonds is 2. The van der Waals surface area contributed by atoms with Crippen LogP contribution < -0.4 is 5.32 Å². The maximum atomic E-state index is 12.8. The minimum atomic E-state index is -0.506. The summed E-state index contributed by atoms with van der Waals surface area (Å²) in [6, 6.07) is 9.63. The third-order valence-corrected chi connectivity index (χ3v) is 2.59. The number of benzene rings is 2. The summed E-state index contributed by atoms with van der Waals surface area (Å²) in [5.41, 5.74) is 0.599. The lowest BCUT2D eigenvalue weighted by Crippen LogP contribution is -2.12. The van der Waals surface area contributed by atoms with Crippen LogP contribution >= 0.6 is 11.6 Å². The Morgan fingerprint density at radius 2 is 2.00 bits per heavy atom. The summed E-state index contributed by atoms with van der Waals surface area (Å²) in [6.07, 6.45) is 0. The number of halogens is 2. The van der Waals surface area contributed by atoms with Gasteiger partial charge in [0, 0.05) is 11.8 Å². The number of nitrogens with one attached hydrogen (secondary N) is 1. The number of anilines is 1. The van der Waals surface area contributed by atoms with E-state index >= 15 is 0 Å². The molecule has 2 aromatic rings. The molecule has 1 amide bonds. The SMILES string of the molecule is O=C(Nc1cccc(O)c1)c1ccc(F)cc1Cl. The molecule has 0 spiro atoms. The predicted molar refractivity (Wildman–Crippen MR) is 67.5 cm³/mol. The second kappa shape index (κ2) is 5.06. The smallest absolute Gasteiger partial charge is 0.257 e. The van der Waals surface area contributed by atoms with Crippen LogP contribution in [0, 0.1) is 5.82 Å². The van der Waals surface area contributed by atoms with Gasteiger partial charge < -0.3 is 10.4 Å². The van der Waals surface area contributed by atoms with Gasteiger partial charge in [-0.3, -0.25) is 4.79 Å². The molecule has 0 saturated carbocycles. The Morgan fingerprint density at radius 1 is 1.22 bits per heavy atom. The highest BCUT2D eigenvalue weighted by Crippen LogP contribution is 2.20. The van der Waals surface area contributed by atoms with E-state index in [2.05, 4.69) is 5.32 Å². The van der Waals surface area contributed by atoms with Gasteiger partial charge in [0.1, 0.15) is 11.6 Å². The van der Waals surface area contributed by atoms with E-state index in [4.69, 9.17) is 11.6 Å². The van der Waals surface area contributed by atoms with Crippen molar-refractivity contribution in [3.63, 3.8) is 0 Å². The summed E-state index contributed by atoms with van der Waals surface area (Å²) < 4.78 is 12.8. The van der Waals surface area contributed by atoms with Gasteiger partial charge in [0.25, 0.3) is 5.91 Å². The monoisotopic (exact) mass is 265 g/mol. The van der Waals surface area contributed by atoms with E-state index in [9.17, 15) is 14.3 Å². The van der Waals surface area contributed by atoms with Crippen LogP contribution in [0.1, 0.15) is 10.4 Å². The van der Waals surface area contributed by atoms with Crippen molar-refractivity contribution < 1.29 is 14.3 Å². The quantitative estimate of drug-likeness (QED) is 0.874. The molecule has 5 heteroatoms. The second-order valence-electron chi connectivity index (χ2n) is 3.63. The van der Waals surface area contributed by atoms with E-state index < -0.39 is 11.7 Å². The molecule has 0 saturated heterocycles. The molecule has 3 nitrogen and oxygen atoms in total. The number of aromatic hydroxyl groups is 1. The van der Waals surface area contributed by atoms with Gasteiger partial charge in [-0.05, 0) is 30.3 Å². The third kappa shape index (κ3) is 2.78. The summed E-state index contributed by atoms with van der Waals surface area (Å²) in [6.45, 7) is 0. The number of hydrogen-bond donors (Lipinski definition) is 2. The average molecular weight is 266 g/mol. The Balaban J connectivity index is 2.22. The molecular weight excluding hydrogens is 257 g/mol. The van der Waals surface area contributed by atoms with E-state index in [-0.39, 0.29) is 16.3 Å². The molecule has 0 radical (unpaired) electrons. The summed E-state index contributed by atoms with van der Waals surface area (Å²) >= 11 is 5.77. The van der Waals surface area contributed by atoms with E-state index in [1.807, 2.05) is 0 Å². The van der Waals surface area contributed by atoms with Crippen molar-refractivity contribution >= 4 is 23.2 Å². The minimum absolute atomic E-state index is 0.0349. The van der Waals surface area contributed by atoms with Crippen molar-refractivity contribution in [1.82, 2.24) is 0 Å². The van der Waals surface area contributed by atoms with Crippen LogP contribution in [0.3, 0.4) is 0 Å². The molecule has 0 unspecified atom stereocenters. The molecule has 0 atom stereocenters. The van der Waals surface area contributed by atoms with Crippen LogP contribution in [0.25, 0.3) is 0 Å². The fourth-order valence-electron chi connectivity index (χ4n) is 1.46. The summed E-state index contributed by atoms with van der Waals surface area (Å²) in [5.74, 6) is -0.933. The number of hydrogen-bond acceptors (Lipinski definition) is 2. The number of phenolic OH excluding ortho intramolecular Hbond substituents is 1. The molecule has 0 heterocycles. The first-order valence-corrected chi connectivity index (χ1v) is 5.49. The van der Waals surface area contributed by atoms with Gasteiger partial charge in [-0.2, -0.15) is 0 Å². The Morgan fingerprint density at radius 3 is 2.67 bits per heavy atom. The normalized spacial score (nSPS) is 10.1. The molecule has 0 aliphatic heterocycles. The lowest BCUT2D eigenvalue weighted by Gasteiger charge is -2.07.